The number of nitrogens with zero attached hydrogens (tertiary/aromatic N) is 3. The van der Waals surface area contributed by atoms with Gasteiger partial charge in [-0.2, -0.15) is 0 Å². The maximum absolute atomic E-state index is 13.0. The monoisotopic (exact) mass is 361 g/mol. The Morgan fingerprint density at radius 3 is 2.78 bits per heavy atom. The summed E-state index contributed by atoms with van der Waals surface area (Å²) < 4.78 is 5.42. The van der Waals surface area contributed by atoms with E-state index in [1.807, 2.05) is 43.4 Å². The summed E-state index contributed by atoms with van der Waals surface area (Å²) in [4.78, 5) is 21.4. The van der Waals surface area contributed by atoms with Crippen LogP contribution in [-0.2, 0) is 11.3 Å². The van der Waals surface area contributed by atoms with Crippen LogP contribution in [-0.4, -0.2) is 49.1 Å². The van der Waals surface area contributed by atoms with Crippen molar-refractivity contribution in [2.75, 3.05) is 38.3 Å². The van der Waals surface area contributed by atoms with Crippen LogP contribution in [0.3, 0.4) is 0 Å². The fourth-order valence-electron chi connectivity index (χ4n) is 3.51. The van der Waals surface area contributed by atoms with Crippen LogP contribution >= 0.6 is 0 Å². The molecule has 0 unspecified atom stereocenters. The van der Waals surface area contributed by atoms with Gasteiger partial charge in [-0.1, -0.05) is 24.3 Å². The number of carbonyl (C=O) groups excluding carboxylic acids is 1. The molecular formula is C22H23N3O2. The molecule has 0 aliphatic carbocycles. The van der Waals surface area contributed by atoms with Crippen LogP contribution < -0.4 is 4.90 Å². The van der Waals surface area contributed by atoms with E-state index >= 15 is 0 Å². The molecule has 2 aromatic carbocycles. The van der Waals surface area contributed by atoms with E-state index in [0.29, 0.717) is 12.1 Å². The highest BCUT2D eigenvalue weighted by Gasteiger charge is 2.16. The number of fused-ring (bicyclic) bond motifs is 1. The number of pyridine rings is 1. The summed E-state index contributed by atoms with van der Waals surface area (Å²) in [6, 6.07) is 17.9. The molecule has 5 heteroatoms. The fourth-order valence-corrected chi connectivity index (χ4v) is 3.51. The Hall–Kier alpha value is -2.92. The maximum atomic E-state index is 13.0. The normalized spacial score (nSPS) is 14.3. The van der Waals surface area contributed by atoms with Gasteiger partial charge in [0.15, 0.2) is 0 Å². The predicted molar refractivity (Wildman–Crippen MR) is 107 cm³/mol. The zero-order valence-corrected chi connectivity index (χ0v) is 15.5. The minimum Gasteiger partial charge on any atom is -0.378 e. The highest BCUT2D eigenvalue weighted by molar-refractivity contribution is 5.95. The van der Waals surface area contributed by atoms with E-state index < -0.39 is 0 Å². The molecule has 1 aromatic heterocycles. The van der Waals surface area contributed by atoms with Gasteiger partial charge in [-0.3, -0.25) is 9.78 Å². The van der Waals surface area contributed by atoms with Crippen molar-refractivity contribution in [3.05, 3.63) is 71.9 Å². The van der Waals surface area contributed by atoms with Gasteiger partial charge in [0.25, 0.3) is 5.91 Å². The first-order valence-corrected chi connectivity index (χ1v) is 9.23. The largest absolute Gasteiger partial charge is 0.378 e. The molecule has 0 atom stereocenters. The third-order valence-electron chi connectivity index (χ3n) is 4.96. The third kappa shape index (κ3) is 3.78. The average Bonchev–Trinajstić information content (AvgIpc) is 2.74. The SMILES string of the molecule is CN(Cc1cccc2ncccc12)C(=O)c1cccc(N2CCOCC2)c1. The smallest absolute Gasteiger partial charge is 0.253 e. The number of ether oxygens (including phenoxy) is 1. The molecule has 4 rings (SSSR count). The molecule has 1 aliphatic rings. The summed E-state index contributed by atoms with van der Waals surface area (Å²) in [5, 5.41) is 1.08. The van der Waals surface area contributed by atoms with Gasteiger partial charge >= 0.3 is 0 Å². The van der Waals surface area contributed by atoms with Gasteiger partial charge < -0.3 is 14.5 Å². The van der Waals surface area contributed by atoms with Crippen LogP contribution in [0.15, 0.2) is 60.8 Å². The van der Waals surface area contributed by atoms with E-state index in [0.717, 1.165) is 48.5 Å². The summed E-state index contributed by atoms with van der Waals surface area (Å²) in [7, 11) is 1.85. The average molecular weight is 361 g/mol. The molecule has 0 bridgehead atoms. The lowest BCUT2D eigenvalue weighted by Crippen LogP contribution is -2.36. The van der Waals surface area contributed by atoms with Crippen molar-refractivity contribution >= 4 is 22.5 Å². The predicted octanol–water partition coefficient (Wildman–Crippen LogP) is 3.34. The number of benzene rings is 2. The molecule has 5 nitrogen and oxygen atoms in total. The highest BCUT2D eigenvalue weighted by atomic mass is 16.5. The van der Waals surface area contributed by atoms with Crippen molar-refractivity contribution in [2.45, 2.75) is 6.54 Å². The number of hydrogen-bond acceptors (Lipinski definition) is 4. The second kappa shape index (κ2) is 7.76. The van der Waals surface area contributed by atoms with Gasteiger partial charge in [0.05, 0.1) is 18.7 Å². The zero-order valence-electron chi connectivity index (χ0n) is 15.5. The topological polar surface area (TPSA) is 45.7 Å². The first-order valence-electron chi connectivity index (χ1n) is 9.23. The highest BCUT2D eigenvalue weighted by Crippen LogP contribution is 2.21. The Morgan fingerprint density at radius 2 is 1.93 bits per heavy atom. The van der Waals surface area contributed by atoms with Crippen LogP contribution in [0.5, 0.6) is 0 Å². The Balaban J connectivity index is 1.53. The van der Waals surface area contributed by atoms with E-state index in [1.165, 1.54) is 0 Å². The Morgan fingerprint density at radius 1 is 1.11 bits per heavy atom. The molecule has 0 spiro atoms. The molecule has 1 aliphatic heterocycles. The second-order valence-electron chi connectivity index (χ2n) is 6.80. The van der Waals surface area contributed by atoms with E-state index in [1.54, 1.807) is 11.1 Å². The number of morpholine rings is 1. The van der Waals surface area contributed by atoms with Crippen LogP contribution in [0.2, 0.25) is 0 Å². The van der Waals surface area contributed by atoms with Crippen molar-refractivity contribution in [3.8, 4) is 0 Å². The molecule has 1 amide bonds. The molecule has 0 N–H and O–H groups in total. The number of hydrogen-bond donors (Lipinski definition) is 0. The summed E-state index contributed by atoms with van der Waals surface area (Å²) in [6.45, 7) is 3.72. The van der Waals surface area contributed by atoms with E-state index in [2.05, 4.69) is 28.1 Å². The molecule has 1 fully saturated rings. The van der Waals surface area contributed by atoms with Crippen molar-refractivity contribution < 1.29 is 9.53 Å². The Bertz CT molecular complexity index is 946. The number of rotatable bonds is 4. The summed E-state index contributed by atoms with van der Waals surface area (Å²) >= 11 is 0. The van der Waals surface area contributed by atoms with Crippen molar-refractivity contribution in [1.29, 1.82) is 0 Å². The lowest BCUT2D eigenvalue weighted by Gasteiger charge is -2.29. The van der Waals surface area contributed by atoms with Crippen LogP contribution in [0.1, 0.15) is 15.9 Å². The molecule has 0 saturated carbocycles. The van der Waals surface area contributed by atoms with Gasteiger partial charge in [0, 0.05) is 49.5 Å². The van der Waals surface area contributed by atoms with Gasteiger partial charge in [-0.15, -0.1) is 0 Å². The molecule has 1 saturated heterocycles. The van der Waals surface area contributed by atoms with Gasteiger partial charge in [-0.25, -0.2) is 0 Å². The van der Waals surface area contributed by atoms with Gasteiger partial charge in [0.1, 0.15) is 0 Å². The van der Waals surface area contributed by atoms with Crippen LogP contribution in [0.4, 0.5) is 5.69 Å². The van der Waals surface area contributed by atoms with E-state index in [9.17, 15) is 4.79 Å². The van der Waals surface area contributed by atoms with Gasteiger partial charge in [-0.05, 0) is 35.9 Å². The molecule has 3 aromatic rings. The number of anilines is 1. The fraction of sp³-hybridized carbons (Fsp3) is 0.273. The van der Waals surface area contributed by atoms with E-state index in [-0.39, 0.29) is 5.91 Å². The third-order valence-corrected chi connectivity index (χ3v) is 4.96. The summed E-state index contributed by atoms with van der Waals surface area (Å²) in [6.07, 6.45) is 1.79. The first kappa shape index (κ1) is 17.5. The van der Waals surface area contributed by atoms with Crippen molar-refractivity contribution in [3.63, 3.8) is 0 Å². The number of carbonyl (C=O) groups is 1. The van der Waals surface area contributed by atoms with Crippen LogP contribution in [0.25, 0.3) is 10.9 Å². The van der Waals surface area contributed by atoms with Crippen LogP contribution in [0, 0.1) is 0 Å². The molecule has 138 valence electrons. The van der Waals surface area contributed by atoms with Crippen molar-refractivity contribution in [2.24, 2.45) is 0 Å². The summed E-state index contributed by atoms with van der Waals surface area (Å²) in [5.41, 5.74) is 3.83. The maximum Gasteiger partial charge on any atom is 0.253 e. The lowest BCUT2D eigenvalue weighted by molar-refractivity contribution is 0.0785. The molecule has 27 heavy (non-hydrogen) atoms. The Labute approximate surface area is 159 Å². The Kier molecular flexibility index (Phi) is 5.03. The molecule has 0 radical (unpaired) electrons. The standard InChI is InChI=1S/C22H23N3O2/c1-24(16-18-6-3-9-21-20(18)8-4-10-23-21)22(26)17-5-2-7-19(15-17)25-11-13-27-14-12-25/h2-10,15H,11-14,16H2,1H3. The quantitative estimate of drug-likeness (QED) is 0.715. The lowest BCUT2D eigenvalue weighted by atomic mass is 10.1. The molecular weight excluding hydrogens is 338 g/mol. The molecule has 2 heterocycles. The van der Waals surface area contributed by atoms with Gasteiger partial charge in [0.2, 0.25) is 0 Å². The zero-order chi connectivity index (χ0) is 18.6. The van der Waals surface area contributed by atoms with E-state index in [4.69, 9.17) is 4.74 Å². The number of amides is 1. The minimum absolute atomic E-state index is 0.0194. The number of aromatic nitrogens is 1. The second-order valence-corrected chi connectivity index (χ2v) is 6.80. The van der Waals surface area contributed by atoms with Crippen molar-refractivity contribution in [1.82, 2.24) is 9.88 Å². The first-order chi connectivity index (χ1) is 13.2. The summed E-state index contributed by atoms with van der Waals surface area (Å²) in [5.74, 6) is 0.0194. The minimum atomic E-state index is 0.0194.